The molecule has 0 aliphatic rings. The quantitative estimate of drug-likeness (QED) is 0.669. The number of aromatic nitrogens is 2. The minimum absolute atomic E-state index is 0.126. The van der Waals surface area contributed by atoms with Gasteiger partial charge in [0.1, 0.15) is 0 Å². The predicted octanol–water partition coefficient (Wildman–Crippen LogP) is 0.0656. The highest BCUT2D eigenvalue weighted by Crippen LogP contribution is 2.18. The molecular weight excluding hydrogens is 166 g/mol. The number of hydrogen-bond acceptors (Lipinski definition) is 3. The van der Waals surface area contributed by atoms with Gasteiger partial charge in [0, 0.05) is 7.05 Å². The third-order valence-corrected chi connectivity index (χ3v) is 1.77. The molecule has 4 nitrogen and oxygen atoms in total. The molecule has 1 atom stereocenters. The molecule has 5 heteroatoms. The van der Waals surface area contributed by atoms with Gasteiger partial charge in [0.25, 0.3) is 0 Å². The first-order valence-electron chi connectivity index (χ1n) is 3.20. The lowest BCUT2D eigenvalue weighted by atomic mass is 10.2. The molecule has 0 saturated carbocycles. The molecule has 0 amide bonds. The molecule has 1 aromatic heterocycles. The summed E-state index contributed by atoms with van der Waals surface area (Å²) in [7, 11) is 1.78. The highest BCUT2D eigenvalue weighted by atomic mass is 35.5. The third-order valence-electron chi connectivity index (χ3n) is 1.48. The van der Waals surface area contributed by atoms with Crippen molar-refractivity contribution in [2.24, 2.45) is 12.8 Å². The van der Waals surface area contributed by atoms with Crippen LogP contribution in [-0.4, -0.2) is 21.3 Å². The summed E-state index contributed by atoms with van der Waals surface area (Å²) in [5.41, 5.74) is 6.21. The molecule has 0 fully saturated rings. The van der Waals surface area contributed by atoms with Gasteiger partial charge in [-0.1, -0.05) is 11.6 Å². The minimum atomic E-state index is -0.449. The molecule has 0 radical (unpaired) electrons. The summed E-state index contributed by atoms with van der Waals surface area (Å²) in [6.07, 6.45) is 1.56. The van der Waals surface area contributed by atoms with Crippen LogP contribution in [-0.2, 0) is 7.05 Å². The van der Waals surface area contributed by atoms with Crippen LogP contribution in [0, 0.1) is 0 Å². The zero-order valence-corrected chi connectivity index (χ0v) is 6.91. The van der Waals surface area contributed by atoms with E-state index < -0.39 is 6.04 Å². The number of imidazole rings is 1. The Morgan fingerprint density at radius 3 is 2.91 bits per heavy atom. The van der Waals surface area contributed by atoms with Crippen molar-refractivity contribution in [1.82, 2.24) is 9.55 Å². The van der Waals surface area contributed by atoms with Gasteiger partial charge in [-0.3, -0.25) is 0 Å². The van der Waals surface area contributed by atoms with Crippen LogP contribution in [0.25, 0.3) is 0 Å². The number of nitrogens with two attached hydrogens (primary N) is 1. The van der Waals surface area contributed by atoms with Crippen LogP contribution in [0.2, 0.25) is 5.15 Å². The number of hydrogen-bond donors (Lipinski definition) is 2. The average molecular weight is 176 g/mol. The van der Waals surface area contributed by atoms with Crippen molar-refractivity contribution in [2.75, 3.05) is 6.61 Å². The van der Waals surface area contributed by atoms with Crippen LogP contribution < -0.4 is 5.73 Å². The first-order chi connectivity index (χ1) is 5.16. The van der Waals surface area contributed by atoms with Gasteiger partial charge in [-0.05, 0) is 0 Å². The molecule has 0 aliphatic heterocycles. The van der Waals surface area contributed by atoms with E-state index >= 15 is 0 Å². The summed E-state index contributed by atoms with van der Waals surface area (Å²) < 4.78 is 1.70. The average Bonchev–Trinajstić information content (AvgIpc) is 2.30. The largest absolute Gasteiger partial charge is 0.394 e. The molecule has 62 valence electrons. The maximum atomic E-state index is 8.73. The summed E-state index contributed by atoms with van der Waals surface area (Å²) >= 11 is 5.70. The number of halogens is 1. The highest BCUT2D eigenvalue weighted by Gasteiger charge is 2.13. The minimum Gasteiger partial charge on any atom is -0.394 e. The van der Waals surface area contributed by atoms with E-state index in [0.29, 0.717) is 10.8 Å². The Kier molecular flexibility index (Phi) is 2.49. The highest BCUT2D eigenvalue weighted by molar-refractivity contribution is 6.30. The Labute approximate surface area is 69.6 Å². The fourth-order valence-corrected chi connectivity index (χ4v) is 1.23. The van der Waals surface area contributed by atoms with Crippen LogP contribution in [0.4, 0.5) is 0 Å². The summed E-state index contributed by atoms with van der Waals surface area (Å²) in [5, 5.41) is 9.09. The van der Waals surface area contributed by atoms with Gasteiger partial charge < -0.3 is 15.4 Å². The Hall–Kier alpha value is -0.580. The van der Waals surface area contributed by atoms with E-state index in [1.165, 1.54) is 0 Å². The molecule has 1 heterocycles. The lowest BCUT2D eigenvalue weighted by Crippen LogP contribution is -2.17. The maximum absolute atomic E-state index is 8.73. The fourth-order valence-electron chi connectivity index (χ4n) is 0.912. The van der Waals surface area contributed by atoms with E-state index in [4.69, 9.17) is 22.4 Å². The summed E-state index contributed by atoms with van der Waals surface area (Å²) in [4.78, 5) is 3.82. The van der Waals surface area contributed by atoms with Crippen LogP contribution in [0.3, 0.4) is 0 Å². The lowest BCUT2D eigenvalue weighted by molar-refractivity contribution is 0.264. The first kappa shape index (κ1) is 8.52. The van der Waals surface area contributed by atoms with E-state index in [1.54, 1.807) is 17.9 Å². The van der Waals surface area contributed by atoms with Crippen LogP contribution in [0.1, 0.15) is 11.7 Å². The normalized spacial score (nSPS) is 13.5. The molecular formula is C6H10ClN3O. The van der Waals surface area contributed by atoms with Gasteiger partial charge >= 0.3 is 0 Å². The predicted molar refractivity (Wildman–Crippen MR) is 42.2 cm³/mol. The third kappa shape index (κ3) is 1.53. The number of aryl methyl sites for hydroxylation is 1. The molecule has 0 aliphatic carbocycles. The maximum Gasteiger partial charge on any atom is 0.151 e. The number of aliphatic hydroxyl groups is 1. The van der Waals surface area contributed by atoms with E-state index in [2.05, 4.69) is 4.98 Å². The van der Waals surface area contributed by atoms with E-state index in [9.17, 15) is 0 Å². The van der Waals surface area contributed by atoms with Gasteiger partial charge in [-0.2, -0.15) is 0 Å². The standard InChI is InChI=1S/C6H10ClN3O/c1-10-3-9-6(7)5(10)4(8)2-11/h3-4,11H,2,8H2,1H3/t4-/m1/s1. The number of rotatable bonds is 2. The van der Waals surface area contributed by atoms with Crippen molar-refractivity contribution in [2.45, 2.75) is 6.04 Å². The van der Waals surface area contributed by atoms with Crippen molar-refractivity contribution in [1.29, 1.82) is 0 Å². The zero-order chi connectivity index (χ0) is 8.43. The Morgan fingerprint density at radius 2 is 2.55 bits per heavy atom. The Bertz CT molecular complexity index is 228. The summed E-state index contributed by atoms with van der Waals surface area (Å²) in [6.45, 7) is -0.126. The van der Waals surface area contributed by atoms with Crippen LogP contribution in [0.5, 0.6) is 0 Å². The van der Waals surface area contributed by atoms with Crippen molar-refractivity contribution in [3.63, 3.8) is 0 Å². The van der Waals surface area contributed by atoms with Gasteiger partial charge in [0.2, 0.25) is 0 Å². The smallest absolute Gasteiger partial charge is 0.151 e. The second-order valence-corrected chi connectivity index (χ2v) is 2.68. The molecule has 3 N–H and O–H groups in total. The van der Waals surface area contributed by atoms with E-state index in [0.717, 1.165) is 0 Å². The van der Waals surface area contributed by atoms with Gasteiger partial charge in [-0.25, -0.2) is 4.98 Å². The van der Waals surface area contributed by atoms with Crippen molar-refractivity contribution >= 4 is 11.6 Å². The van der Waals surface area contributed by atoms with Gasteiger partial charge in [0.05, 0.1) is 24.7 Å². The SMILES string of the molecule is Cn1cnc(Cl)c1[C@H](N)CO. The lowest BCUT2D eigenvalue weighted by Gasteiger charge is -2.08. The molecule has 0 unspecified atom stereocenters. The van der Waals surface area contributed by atoms with Crippen molar-refractivity contribution in [3.05, 3.63) is 17.2 Å². The van der Waals surface area contributed by atoms with Crippen molar-refractivity contribution in [3.8, 4) is 0 Å². The molecule has 1 aromatic rings. The molecule has 11 heavy (non-hydrogen) atoms. The topological polar surface area (TPSA) is 64.1 Å². The molecule has 0 aromatic carbocycles. The number of nitrogens with zero attached hydrogens (tertiary/aromatic N) is 2. The second kappa shape index (κ2) is 3.21. The van der Waals surface area contributed by atoms with E-state index in [-0.39, 0.29) is 6.61 Å². The summed E-state index contributed by atoms with van der Waals surface area (Å²) in [5.74, 6) is 0. The van der Waals surface area contributed by atoms with Crippen molar-refractivity contribution < 1.29 is 5.11 Å². The fraction of sp³-hybridized carbons (Fsp3) is 0.500. The molecule has 1 rings (SSSR count). The molecule has 0 bridgehead atoms. The first-order valence-corrected chi connectivity index (χ1v) is 3.57. The second-order valence-electron chi connectivity index (χ2n) is 2.32. The monoisotopic (exact) mass is 175 g/mol. The Morgan fingerprint density at radius 1 is 1.91 bits per heavy atom. The molecule has 0 saturated heterocycles. The van der Waals surface area contributed by atoms with Gasteiger partial charge in [-0.15, -0.1) is 0 Å². The summed E-state index contributed by atoms with van der Waals surface area (Å²) in [6, 6.07) is -0.449. The van der Waals surface area contributed by atoms with Gasteiger partial charge in [0.15, 0.2) is 5.15 Å². The van der Waals surface area contributed by atoms with Crippen LogP contribution >= 0.6 is 11.6 Å². The Balaban J connectivity index is 3.00. The van der Waals surface area contributed by atoms with E-state index in [1.807, 2.05) is 0 Å². The molecule has 0 spiro atoms. The number of aliphatic hydroxyl groups excluding tert-OH is 1. The zero-order valence-electron chi connectivity index (χ0n) is 6.16. The van der Waals surface area contributed by atoms with Crippen LogP contribution in [0.15, 0.2) is 6.33 Å².